The molecule has 0 aromatic rings. The third-order valence-electron chi connectivity index (χ3n) is 0.266. The molecule has 0 rings (SSSR count). The molecule has 0 saturated carbocycles. The maximum atomic E-state index is 9.37. The topological polar surface area (TPSA) is 126 Å². The molecule has 0 heterocycles. The van der Waals surface area contributed by atoms with Crippen LogP contribution < -0.4 is 0 Å². The van der Waals surface area contributed by atoms with Gasteiger partial charge in [0.05, 0.1) is 0 Å². The highest BCUT2D eigenvalue weighted by atomic mass is 33.2. The fourth-order valence-corrected chi connectivity index (χ4v) is 0. The minimum Gasteiger partial charge on any atom is -0.307 e. The largest absolute Gasteiger partial charge is 0.397 e. The molecule has 0 aliphatic rings. The summed E-state index contributed by atoms with van der Waals surface area (Å²) < 4.78 is 52.5. The predicted molar refractivity (Wildman–Crippen MR) is 30.2 cm³/mol. The Morgan fingerprint density at radius 2 is 0.900 bits per heavy atom. The van der Waals surface area contributed by atoms with Crippen molar-refractivity contribution >= 4 is 25.1 Å². The maximum absolute atomic E-state index is 9.37. The smallest absolute Gasteiger partial charge is 0.307 e. The fraction of sp³-hybridized carbons (Fsp3) is 0. The standard InChI is InChI=1S/CH2O.H2O6S2/c1-2;1-7(2,3)8(4,5)6/h1H2;(H,1,2,3)(H,4,5,6). The number of rotatable bonds is 1. The molecule has 0 unspecified atom stereocenters. The van der Waals surface area contributed by atoms with E-state index in [0.29, 0.717) is 0 Å². The van der Waals surface area contributed by atoms with E-state index in [1.165, 1.54) is 0 Å². The van der Waals surface area contributed by atoms with Gasteiger partial charge in [-0.3, -0.25) is 9.11 Å². The van der Waals surface area contributed by atoms with Gasteiger partial charge in [0.15, 0.2) is 0 Å². The van der Waals surface area contributed by atoms with Crippen molar-refractivity contribution in [3.05, 3.63) is 0 Å². The minimum atomic E-state index is -5.31. The first-order valence-electron chi connectivity index (χ1n) is 1.49. The van der Waals surface area contributed by atoms with Gasteiger partial charge >= 0.3 is 18.3 Å². The number of hydrogen-bond donors (Lipinski definition) is 2. The summed E-state index contributed by atoms with van der Waals surface area (Å²) in [6.45, 7) is 2.00. The van der Waals surface area contributed by atoms with E-state index in [2.05, 4.69) is 0 Å². The number of carbonyl (C=O) groups is 1. The Bertz CT molecular complexity index is 237. The molecule has 9 heteroatoms. The first kappa shape index (κ1) is 12.2. The summed E-state index contributed by atoms with van der Waals surface area (Å²) in [4.78, 5) is 8.00. The molecule has 0 bridgehead atoms. The molecule has 0 aliphatic carbocycles. The Hall–Kier alpha value is -0.510. The molecular formula is CH4O7S2. The van der Waals surface area contributed by atoms with E-state index in [9.17, 15) is 16.8 Å². The second-order valence-electron chi connectivity index (χ2n) is 0.855. The van der Waals surface area contributed by atoms with Gasteiger partial charge in [0.1, 0.15) is 6.79 Å². The van der Waals surface area contributed by atoms with Gasteiger partial charge in [-0.1, -0.05) is 0 Å². The predicted octanol–water partition coefficient (Wildman–Crippen LogP) is -1.51. The van der Waals surface area contributed by atoms with Crippen LogP contribution in [0.4, 0.5) is 0 Å². The molecule has 10 heavy (non-hydrogen) atoms. The van der Waals surface area contributed by atoms with Gasteiger partial charge in [0.25, 0.3) is 0 Å². The second kappa shape index (κ2) is 3.61. The Balaban J connectivity index is 0. The van der Waals surface area contributed by atoms with E-state index >= 15 is 0 Å². The first-order chi connectivity index (χ1) is 4.25. The van der Waals surface area contributed by atoms with Crippen LogP contribution in [-0.4, -0.2) is 32.7 Å². The molecular weight excluding hydrogens is 188 g/mol. The quantitative estimate of drug-likeness (QED) is 0.382. The lowest BCUT2D eigenvalue weighted by Gasteiger charge is -1.84. The van der Waals surface area contributed by atoms with Crippen LogP contribution in [0.15, 0.2) is 0 Å². The molecule has 0 aliphatic heterocycles. The lowest BCUT2D eigenvalue weighted by Crippen LogP contribution is -2.11. The van der Waals surface area contributed by atoms with Crippen LogP contribution >= 0.6 is 0 Å². The zero-order valence-electron chi connectivity index (χ0n) is 4.46. The highest BCUT2D eigenvalue weighted by Crippen LogP contribution is 1.90. The lowest BCUT2D eigenvalue weighted by molar-refractivity contribution is -0.0979. The van der Waals surface area contributed by atoms with Crippen molar-refractivity contribution in [2.24, 2.45) is 0 Å². The zero-order chi connectivity index (χ0) is 9.00. The van der Waals surface area contributed by atoms with Crippen LogP contribution in [0.1, 0.15) is 0 Å². The minimum absolute atomic E-state index is 2.00. The van der Waals surface area contributed by atoms with Crippen molar-refractivity contribution < 1.29 is 30.7 Å². The zero-order valence-corrected chi connectivity index (χ0v) is 6.09. The molecule has 0 radical (unpaired) electrons. The van der Waals surface area contributed by atoms with Crippen LogP contribution in [0.5, 0.6) is 0 Å². The third kappa shape index (κ3) is 4.38. The number of hydrogen-bond acceptors (Lipinski definition) is 5. The van der Waals surface area contributed by atoms with E-state index in [1.807, 2.05) is 6.79 Å². The molecule has 0 atom stereocenters. The van der Waals surface area contributed by atoms with Crippen LogP contribution in [-0.2, 0) is 23.1 Å². The lowest BCUT2D eigenvalue weighted by atomic mass is 11.9. The van der Waals surface area contributed by atoms with Crippen molar-refractivity contribution in [2.45, 2.75) is 0 Å². The Kier molecular flexibility index (Phi) is 4.40. The van der Waals surface area contributed by atoms with Gasteiger partial charge in [0, 0.05) is 0 Å². The van der Waals surface area contributed by atoms with Crippen LogP contribution in [0, 0.1) is 0 Å². The number of carbonyl (C=O) groups excluding carboxylic acids is 1. The summed E-state index contributed by atoms with van der Waals surface area (Å²) >= 11 is 0. The summed E-state index contributed by atoms with van der Waals surface area (Å²) in [6.07, 6.45) is 0. The Labute approximate surface area is 56.6 Å². The Morgan fingerprint density at radius 3 is 0.900 bits per heavy atom. The van der Waals surface area contributed by atoms with Crippen molar-refractivity contribution in [3.8, 4) is 0 Å². The van der Waals surface area contributed by atoms with E-state index in [4.69, 9.17) is 13.9 Å². The van der Waals surface area contributed by atoms with Crippen molar-refractivity contribution in [3.63, 3.8) is 0 Å². The van der Waals surface area contributed by atoms with E-state index < -0.39 is 18.3 Å². The van der Waals surface area contributed by atoms with Gasteiger partial charge in [-0.25, -0.2) is 0 Å². The summed E-state index contributed by atoms with van der Waals surface area (Å²) in [7, 11) is -10.6. The van der Waals surface area contributed by atoms with Gasteiger partial charge in [-0.05, 0) is 0 Å². The molecule has 0 aromatic carbocycles. The first-order valence-corrected chi connectivity index (χ1v) is 4.88. The molecule has 0 aromatic heterocycles. The highest BCUT2D eigenvalue weighted by Gasteiger charge is 2.22. The second-order valence-corrected chi connectivity index (χ2v) is 5.09. The summed E-state index contributed by atoms with van der Waals surface area (Å²) in [5.41, 5.74) is 0. The van der Waals surface area contributed by atoms with Crippen LogP contribution in [0.3, 0.4) is 0 Å². The monoisotopic (exact) mass is 192 g/mol. The average Bonchev–Trinajstić information content (AvgIpc) is 1.66. The molecule has 2 N–H and O–H groups in total. The molecule has 0 amide bonds. The molecule has 0 saturated heterocycles. The van der Waals surface area contributed by atoms with Gasteiger partial charge < -0.3 is 4.79 Å². The van der Waals surface area contributed by atoms with Crippen molar-refractivity contribution in [2.75, 3.05) is 0 Å². The summed E-state index contributed by atoms with van der Waals surface area (Å²) in [5.74, 6) is 0. The highest BCUT2D eigenvalue weighted by molar-refractivity contribution is 8.62. The van der Waals surface area contributed by atoms with Gasteiger partial charge in [0.2, 0.25) is 0 Å². The molecule has 62 valence electrons. The molecule has 7 nitrogen and oxygen atoms in total. The average molecular weight is 192 g/mol. The van der Waals surface area contributed by atoms with E-state index in [-0.39, 0.29) is 0 Å². The van der Waals surface area contributed by atoms with Gasteiger partial charge in [-0.2, -0.15) is 16.8 Å². The van der Waals surface area contributed by atoms with Gasteiger partial charge in [-0.15, -0.1) is 0 Å². The molecule has 0 fully saturated rings. The van der Waals surface area contributed by atoms with Crippen LogP contribution in [0.25, 0.3) is 0 Å². The summed E-state index contributed by atoms with van der Waals surface area (Å²) in [5, 5.41) is 0. The Morgan fingerprint density at radius 1 is 0.800 bits per heavy atom. The van der Waals surface area contributed by atoms with E-state index in [0.717, 1.165) is 0 Å². The summed E-state index contributed by atoms with van der Waals surface area (Å²) in [6, 6.07) is 0. The normalized spacial score (nSPS) is 11.4. The SMILES string of the molecule is C=O.O=S(=O)(O)S(=O)(=O)O. The van der Waals surface area contributed by atoms with Crippen molar-refractivity contribution in [1.82, 2.24) is 0 Å². The third-order valence-corrected chi connectivity index (χ3v) is 2.40. The van der Waals surface area contributed by atoms with E-state index in [1.54, 1.807) is 0 Å². The molecule has 0 spiro atoms. The maximum Gasteiger partial charge on any atom is 0.397 e. The van der Waals surface area contributed by atoms with Crippen molar-refractivity contribution in [1.29, 1.82) is 0 Å². The fourth-order valence-electron chi connectivity index (χ4n) is 0. The van der Waals surface area contributed by atoms with Crippen LogP contribution in [0.2, 0.25) is 0 Å².